The van der Waals surface area contributed by atoms with Gasteiger partial charge in [-0.1, -0.05) is 0 Å². The summed E-state index contributed by atoms with van der Waals surface area (Å²) in [5.41, 5.74) is 2.48. The van der Waals surface area contributed by atoms with Crippen LogP contribution in [0.25, 0.3) is 0 Å². The van der Waals surface area contributed by atoms with Crippen LogP contribution in [0.3, 0.4) is 0 Å². The first-order valence-corrected chi connectivity index (χ1v) is 12.7. The fraction of sp³-hybridized carbons (Fsp3) is 0.350. The van der Waals surface area contributed by atoms with Gasteiger partial charge in [-0.3, -0.25) is 14.4 Å². The zero-order chi connectivity index (χ0) is 23.0. The Morgan fingerprint density at radius 1 is 0.969 bits per heavy atom. The van der Waals surface area contributed by atoms with Gasteiger partial charge in [0.25, 0.3) is 0 Å². The van der Waals surface area contributed by atoms with Gasteiger partial charge in [0.05, 0.1) is 5.70 Å². The molecule has 1 aromatic rings. The number of rotatable bonds is 6. The number of allylic oxidation sites excluding steroid dienone is 1. The van der Waals surface area contributed by atoms with Gasteiger partial charge in [0.1, 0.15) is 17.1 Å². The minimum Gasteiger partial charge on any atom is -0.424 e. The maximum Gasteiger partial charge on any atom is 0.375 e. The highest BCUT2D eigenvalue weighted by Gasteiger charge is 2.43. The molecule has 3 heterocycles. The first-order valence-electron chi connectivity index (χ1n) is 10.0. The first kappa shape index (κ1) is 22.5. The van der Waals surface area contributed by atoms with Crippen LogP contribution in [-0.2, 0) is 26.2 Å². The summed E-state index contributed by atoms with van der Waals surface area (Å²) in [6, 6.07) is 6.11. The zero-order valence-corrected chi connectivity index (χ0v) is 19.1. The van der Waals surface area contributed by atoms with Gasteiger partial charge in [0.2, 0.25) is 17.5 Å². The number of benzene rings is 1. The number of amides is 1. The molecule has 1 amide bonds. The second-order valence-electron chi connectivity index (χ2n) is 7.67. The van der Waals surface area contributed by atoms with E-state index in [4.69, 9.17) is 9.79 Å². The second kappa shape index (κ2) is 8.67. The van der Waals surface area contributed by atoms with E-state index in [-0.39, 0.29) is 23.2 Å². The predicted molar refractivity (Wildman–Crippen MR) is 120 cm³/mol. The van der Waals surface area contributed by atoms with Crippen LogP contribution in [0.2, 0.25) is 0 Å². The fourth-order valence-corrected chi connectivity index (χ4v) is 3.87. The van der Waals surface area contributed by atoms with Gasteiger partial charge in [0.15, 0.2) is 0 Å². The molecule has 1 aromatic carbocycles. The van der Waals surface area contributed by atoms with Crippen molar-refractivity contribution in [1.82, 2.24) is 14.7 Å². The summed E-state index contributed by atoms with van der Waals surface area (Å²) in [5.74, 6) is 0.114. The molecule has 1 aliphatic carbocycles. The molecule has 32 heavy (non-hydrogen) atoms. The number of carbonyl (C=O) groups excluding carboxylic acids is 3. The van der Waals surface area contributed by atoms with Gasteiger partial charge in [-0.2, -0.15) is 0 Å². The van der Waals surface area contributed by atoms with Crippen molar-refractivity contribution >= 4 is 41.7 Å². The number of Topliss-reactive ketones (excluding diaryl/α,β-unsaturated/α-hetero) is 1. The molecule has 0 saturated carbocycles. The summed E-state index contributed by atoms with van der Waals surface area (Å²) in [4.78, 5) is 58.9. The summed E-state index contributed by atoms with van der Waals surface area (Å²) in [5, 5.41) is 2.56. The molecule has 0 unspecified atom stereocenters. The van der Waals surface area contributed by atoms with Crippen molar-refractivity contribution in [2.24, 2.45) is 0 Å². The highest BCUT2D eigenvalue weighted by atomic mass is 32.5. The number of nitrogens with one attached hydrogen (secondary N) is 1. The van der Waals surface area contributed by atoms with E-state index in [1.807, 2.05) is 14.7 Å². The Morgan fingerprint density at radius 2 is 1.50 bits per heavy atom. The number of anilines is 1. The standard InChI is InChI=1S/C12H13N3O2.C8H10NO4PS/c16-9-7-8(13-1-2-13)12(17)11(15-5-6-15)10(9)14-3-4-14;1-6(10)9-7-2-4-8(5-3-7)13-14(11,12)15/h7H,1-6H2;2-5H,1H3,(H,9,10)(H2,11,12,15). The van der Waals surface area contributed by atoms with Crippen LogP contribution in [0.15, 0.2) is 47.4 Å². The number of carbonyl (C=O) groups is 3. The lowest BCUT2D eigenvalue weighted by Gasteiger charge is -2.21. The Labute approximate surface area is 190 Å². The van der Waals surface area contributed by atoms with Gasteiger partial charge in [-0.05, 0) is 24.3 Å². The quantitative estimate of drug-likeness (QED) is 0.301. The summed E-state index contributed by atoms with van der Waals surface area (Å²) >= 11 is 4.30. The van der Waals surface area contributed by atoms with Crippen LogP contribution in [0.5, 0.6) is 5.75 Å². The molecule has 0 bridgehead atoms. The van der Waals surface area contributed by atoms with Crippen LogP contribution in [0, 0.1) is 0 Å². The van der Waals surface area contributed by atoms with Crippen molar-refractivity contribution in [2.45, 2.75) is 6.92 Å². The molecule has 4 aliphatic rings. The van der Waals surface area contributed by atoms with Crippen molar-refractivity contribution in [1.29, 1.82) is 0 Å². The van der Waals surface area contributed by atoms with Gasteiger partial charge in [-0.15, -0.1) is 0 Å². The van der Waals surface area contributed by atoms with Gasteiger partial charge in [-0.25, -0.2) is 0 Å². The SMILES string of the molecule is CC(=O)Nc1ccc(OP(O)(O)=S)cc1.O=C1C=C(N2CC2)C(=O)C(N2CC2)=C1N1CC1. The molecule has 0 spiro atoms. The van der Waals surface area contributed by atoms with Crippen molar-refractivity contribution < 1.29 is 28.7 Å². The maximum absolute atomic E-state index is 12.4. The van der Waals surface area contributed by atoms with Gasteiger partial charge < -0.3 is 34.3 Å². The largest absolute Gasteiger partial charge is 0.424 e. The molecule has 10 nitrogen and oxygen atoms in total. The monoisotopic (exact) mass is 478 g/mol. The van der Waals surface area contributed by atoms with E-state index in [1.54, 1.807) is 12.1 Å². The molecular formula is C20H23N4O6PS. The highest BCUT2D eigenvalue weighted by Crippen LogP contribution is 2.38. The normalized spacial score (nSPS) is 19.2. The molecule has 3 N–H and O–H groups in total. The zero-order valence-electron chi connectivity index (χ0n) is 17.4. The Hall–Kier alpha value is -2.72. The number of hydrogen-bond donors (Lipinski definition) is 3. The average Bonchev–Trinajstić information content (AvgIpc) is 3.52. The van der Waals surface area contributed by atoms with Gasteiger partial charge in [0, 0.05) is 69.8 Å². The third-order valence-corrected chi connectivity index (χ3v) is 5.56. The van der Waals surface area contributed by atoms with Crippen molar-refractivity contribution in [2.75, 3.05) is 44.6 Å². The van der Waals surface area contributed by atoms with Crippen molar-refractivity contribution in [3.63, 3.8) is 0 Å². The summed E-state index contributed by atoms with van der Waals surface area (Å²) in [6.07, 6.45) is 1.52. The molecule has 3 saturated heterocycles. The molecule has 170 valence electrons. The highest BCUT2D eigenvalue weighted by molar-refractivity contribution is 8.06. The first-order chi connectivity index (χ1) is 15.1. The minimum atomic E-state index is -3.68. The second-order valence-corrected chi connectivity index (χ2v) is 10.3. The van der Waals surface area contributed by atoms with E-state index in [1.165, 1.54) is 25.1 Å². The molecule has 12 heteroatoms. The lowest BCUT2D eigenvalue weighted by molar-refractivity contribution is -0.117. The predicted octanol–water partition coefficient (Wildman–Crippen LogP) is 0.413. The van der Waals surface area contributed by atoms with Crippen molar-refractivity contribution in [3.8, 4) is 5.75 Å². The summed E-state index contributed by atoms with van der Waals surface area (Å²) < 4.78 is 4.69. The molecule has 5 rings (SSSR count). The van der Waals surface area contributed by atoms with Crippen LogP contribution in [0.4, 0.5) is 5.69 Å². The van der Waals surface area contributed by atoms with Crippen LogP contribution >= 0.6 is 6.72 Å². The van der Waals surface area contributed by atoms with Crippen LogP contribution < -0.4 is 9.84 Å². The third kappa shape index (κ3) is 5.74. The maximum atomic E-state index is 12.4. The average molecular weight is 478 g/mol. The minimum absolute atomic E-state index is 0.00546. The molecule has 0 radical (unpaired) electrons. The molecule has 3 fully saturated rings. The van der Waals surface area contributed by atoms with E-state index in [9.17, 15) is 14.4 Å². The Morgan fingerprint density at radius 3 is 1.97 bits per heavy atom. The topological polar surface area (TPSA) is 122 Å². The number of ketones is 2. The molecular weight excluding hydrogens is 455 g/mol. The fourth-order valence-electron chi connectivity index (χ4n) is 3.22. The molecule has 0 aromatic heterocycles. The van der Waals surface area contributed by atoms with E-state index in [2.05, 4.69) is 21.6 Å². The van der Waals surface area contributed by atoms with Crippen LogP contribution in [0.1, 0.15) is 6.92 Å². The smallest absolute Gasteiger partial charge is 0.375 e. The van der Waals surface area contributed by atoms with E-state index < -0.39 is 6.72 Å². The third-order valence-electron chi connectivity index (χ3n) is 4.89. The van der Waals surface area contributed by atoms with E-state index in [0.29, 0.717) is 22.8 Å². The summed E-state index contributed by atoms with van der Waals surface area (Å²) in [6.45, 7) is 3.12. The van der Waals surface area contributed by atoms with Crippen molar-refractivity contribution in [3.05, 3.63) is 47.4 Å². The lowest BCUT2D eigenvalue weighted by atomic mass is 10.0. The van der Waals surface area contributed by atoms with E-state index >= 15 is 0 Å². The Bertz CT molecular complexity index is 1070. The number of hydrogen-bond acceptors (Lipinski definition) is 8. The molecule has 0 atom stereocenters. The van der Waals surface area contributed by atoms with Crippen LogP contribution in [-0.4, -0.2) is 81.2 Å². The number of nitrogens with zero attached hydrogens (tertiary/aromatic N) is 3. The molecule has 3 aliphatic heterocycles. The van der Waals surface area contributed by atoms with E-state index in [0.717, 1.165) is 39.3 Å². The Balaban J connectivity index is 0.000000155. The lowest BCUT2D eigenvalue weighted by Crippen LogP contribution is -2.29. The summed E-state index contributed by atoms with van der Waals surface area (Å²) in [7, 11) is 0. The van der Waals surface area contributed by atoms with Gasteiger partial charge >= 0.3 is 6.72 Å². The Kier molecular flexibility index (Phi) is 6.09.